The van der Waals surface area contributed by atoms with Crippen molar-refractivity contribution >= 4 is 23.5 Å². The summed E-state index contributed by atoms with van der Waals surface area (Å²) >= 11 is 5.73. The van der Waals surface area contributed by atoms with Gasteiger partial charge in [-0.1, -0.05) is 11.6 Å². The van der Waals surface area contributed by atoms with Crippen molar-refractivity contribution in [1.82, 2.24) is 14.9 Å². The third-order valence-electron chi connectivity index (χ3n) is 4.97. The number of piperidine rings is 1. The third kappa shape index (κ3) is 4.09. The number of nitrogens with zero attached hydrogens (tertiary/aromatic N) is 4. The highest BCUT2D eigenvalue weighted by Gasteiger charge is 2.36. The Morgan fingerprint density at radius 2 is 2.07 bits per heavy atom. The summed E-state index contributed by atoms with van der Waals surface area (Å²) in [5, 5.41) is 0.353. The monoisotopic (exact) mass is 391 g/mol. The predicted octanol–water partition coefficient (Wildman–Crippen LogP) is 3.69. The first-order chi connectivity index (χ1) is 13.0. The van der Waals surface area contributed by atoms with Crippen molar-refractivity contribution in [2.75, 3.05) is 19.6 Å². The summed E-state index contributed by atoms with van der Waals surface area (Å²) in [5.74, 6) is -3.00. The zero-order valence-electron chi connectivity index (χ0n) is 14.7. The number of likely N-dealkylation sites (tertiary alicyclic amines) is 1. The normalized spacial score (nSPS) is 20.2. The summed E-state index contributed by atoms with van der Waals surface area (Å²) in [6.45, 7) is 1.48. The first-order valence-corrected chi connectivity index (χ1v) is 9.35. The number of pyridine rings is 1. The van der Waals surface area contributed by atoms with Crippen LogP contribution in [0.25, 0.3) is 0 Å². The number of rotatable bonds is 4. The summed E-state index contributed by atoms with van der Waals surface area (Å²) in [5.41, 5.74) is 2.80. The van der Waals surface area contributed by atoms with E-state index in [0.29, 0.717) is 24.7 Å². The van der Waals surface area contributed by atoms with E-state index < -0.39 is 5.92 Å². The second-order valence-electron chi connectivity index (χ2n) is 6.93. The Morgan fingerprint density at radius 3 is 2.81 bits per heavy atom. The molecule has 4 heterocycles. The highest BCUT2D eigenvalue weighted by molar-refractivity contribution is 6.39. The zero-order chi connectivity index (χ0) is 18.9. The standard InChI is InChI=1S/C19H20ClF2N5/c20-13-1-2-18(25-9-13)19(21,22)12-27-7-4-14(5-8-27)26-17-11-23-10-16-15(17)3-6-24-16/h1-3,6,9,11,14,24H,4-5,7-8,10,12H2. The number of H-pyrrole nitrogens is 1. The van der Waals surface area contributed by atoms with Crippen molar-refractivity contribution in [3.8, 4) is 0 Å². The molecular formula is C19H20ClF2N5. The Balaban J connectivity index is 1.37. The van der Waals surface area contributed by atoms with E-state index in [-0.39, 0.29) is 18.3 Å². The van der Waals surface area contributed by atoms with Gasteiger partial charge < -0.3 is 4.98 Å². The van der Waals surface area contributed by atoms with Crippen molar-refractivity contribution < 1.29 is 8.78 Å². The predicted molar refractivity (Wildman–Crippen MR) is 102 cm³/mol. The van der Waals surface area contributed by atoms with Crippen LogP contribution in [0.1, 0.15) is 29.8 Å². The number of hydrogen-bond donors (Lipinski definition) is 1. The maximum Gasteiger partial charge on any atom is 0.302 e. The molecule has 5 nitrogen and oxygen atoms in total. The number of aromatic nitrogens is 2. The lowest BCUT2D eigenvalue weighted by Gasteiger charge is -2.32. The molecule has 2 aromatic heterocycles. The fraction of sp³-hybridized carbons (Fsp3) is 0.421. The van der Waals surface area contributed by atoms with Crippen molar-refractivity contribution in [3.63, 3.8) is 0 Å². The molecule has 1 fully saturated rings. The van der Waals surface area contributed by atoms with Gasteiger partial charge in [0.05, 0.1) is 29.9 Å². The second kappa shape index (κ2) is 7.48. The molecule has 27 heavy (non-hydrogen) atoms. The highest BCUT2D eigenvalue weighted by atomic mass is 35.5. The Bertz CT molecular complexity index is 851. The minimum Gasteiger partial charge on any atom is -0.363 e. The van der Waals surface area contributed by atoms with Gasteiger partial charge in [-0.25, -0.2) is 0 Å². The van der Waals surface area contributed by atoms with Gasteiger partial charge in [-0.05, 0) is 31.0 Å². The van der Waals surface area contributed by atoms with Crippen molar-refractivity contribution in [2.45, 2.75) is 31.4 Å². The van der Waals surface area contributed by atoms with Gasteiger partial charge in [0.2, 0.25) is 0 Å². The van der Waals surface area contributed by atoms with E-state index in [2.05, 4.69) is 15.0 Å². The summed E-state index contributed by atoms with van der Waals surface area (Å²) in [7, 11) is 0. The second-order valence-corrected chi connectivity index (χ2v) is 7.36. The van der Waals surface area contributed by atoms with Crippen molar-refractivity contribution in [1.29, 1.82) is 0 Å². The third-order valence-corrected chi connectivity index (χ3v) is 5.20. The molecule has 2 aliphatic heterocycles. The van der Waals surface area contributed by atoms with Crippen LogP contribution in [0, 0.1) is 0 Å². The first-order valence-electron chi connectivity index (χ1n) is 8.98. The van der Waals surface area contributed by atoms with E-state index in [1.807, 2.05) is 18.5 Å². The molecule has 142 valence electrons. The molecule has 8 heteroatoms. The fourth-order valence-corrected chi connectivity index (χ4v) is 3.64. The van der Waals surface area contributed by atoms with Gasteiger partial charge in [0, 0.05) is 43.0 Å². The van der Waals surface area contributed by atoms with Gasteiger partial charge in [0.15, 0.2) is 0 Å². The summed E-state index contributed by atoms with van der Waals surface area (Å²) in [6, 6.07) is 4.87. The summed E-state index contributed by atoms with van der Waals surface area (Å²) in [4.78, 5) is 17.9. The average molecular weight is 392 g/mol. The molecule has 2 aromatic rings. The lowest BCUT2D eigenvalue weighted by molar-refractivity contribution is -0.0460. The van der Waals surface area contributed by atoms with Gasteiger partial charge in [-0.2, -0.15) is 8.78 Å². The van der Waals surface area contributed by atoms with Gasteiger partial charge in [-0.15, -0.1) is 0 Å². The van der Waals surface area contributed by atoms with E-state index in [1.165, 1.54) is 18.3 Å². The molecule has 0 bridgehead atoms. The highest BCUT2D eigenvalue weighted by Crippen LogP contribution is 2.29. The first kappa shape index (κ1) is 18.3. The smallest absolute Gasteiger partial charge is 0.302 e. The van der Waals surface area contributed by atoms with Gasteiger partial charge in [0.25, 0.3) is 0 Å². The molecule has 0 aliphatic carbocycles. The molecule has 1 saturated heterocycles. The molecule has 0 unspecified atom stereocenters. The van der Waals surface area contributed by atoms with Crippen LogP contribution in [0.5, 0.6) is 0 Å². The lowest BCUT2D eigenvalue weighted by atomic mass is 10.0. The molecule has 0 radical (unpaired) electrons. The van der Waals surface area contributed by atoms with Gasteiger partial charge in [0.1, 0.15) is 5.69 Å². The molecule has 0 amide bonds. The van der Waals surface area contributed by atoms with Gasteiger partial charge in [-0.3, -0.25) is 19.9 Å². The maximum absolute atomic E-state index is 14.5. The Morgan fingerprint density at radius 1 is 1.26 bits per heavy atom. The minimum absolute atomic E-state index is 0.130. The maximum atomic E-state index is 14.5. The van der Waals surface area contributed by atoms with Gasteiger partial charge >= 0.3 is 5.92 Å². The van der Waals surface area contributed by atoms with Crippen LogP contribution >= 0.6 is 11.6 Å². The molecule has 4 rings (SSSR count). The number of hydrogen-bond acceptors (Lipinski definition) is 4. The van der Waals surface area contributed by atoms with Crippen LogP contribution in [0.15, 0.2) is 40.6 Å². The minimum atomic E-state index is -3.00. The van der Waals surface area contributed by atoms with E-state index in [4.69, 9.17) is 16.6 Å². The SMILES string of the molecule is FC(F)(CN1CCC(N=C2C=NCc3[nH]ccc32)CC1)c1ccc(Cl)cn1. The molecule has 0 aromatic carbocycles. The quantitative estimate of drug-likeness (QED) is 0.864. The van der Waals surface area contributed by atoms with E-state index in [1.54, 1.807) is 4.90 Å². The molecule has 2 aliphatic rings. The average Bonchev–Trinajstić information content (AvgIpc) is 3.13. The van der Waals surface area contributed by atoms with E-state index in [9.17, 15) is 8.78 Å². The van der Waals surface area contributed by atoms with Crippen LogP contribution in [-0.2, 0) is 12.5 Å². The lowest BCUT2D eigenvalue weighted by Crippen LogP contribution is -2.42. The Labute approximate surface area is 161 Å². The van der Waals surface area contributed by atoms with Crippen molar-refractivity contribution in [2.24, 2.45) is 9.98 Å². The number of fused-ring (bicyclic) bond motifs is 1. The Kier molecular flexibility index (Phi) is 5.06. The molecule has 0 saturated carbocycles. The summed E-state index contributed by atoms with van der Waals surface area (Å²) < 4.78 is 29.0. The largest absolute Gasteiger partial charge is 0.363 e. The number of alkyl halides is 2. The summed E-state index contributed by atoms with van der Waals surface area (Å²) in [6.07, 6.45) is 6.46. The van der Waals surface area contributed by atoms with Crippen LogP contribution in [0.2, 0.25) is 5.02 Å². The number of aliphatic imine (C=N–C) groups is 2. The van der Waals surface area contributed by atoms with Crippen molar-refractivity contribution in [3.05, 3.63) is 52.6 Å². The molecule has 1 N–H and O–H groups in total. The fourth-order valence-electron chi connectivity index (χ4n) is 3.53. The number of nitrogens with one attached hydrogen (secondary N) is 1. The van der Waals surface area contributed by atoms with E-state index >= 15 is 0 Å². The van der Waals surface area contributed by atoms with Crippen LogP contribution in [-0.4, -0.2) is 52.5 Å². The molecule has 0 atom stereocenters. The van der Waals surface area contributed by atoms with E-state index in [0.717, 1.165) is 29.8 Å². The topological polar surface area (TPSA) is 56.6 Å². The van der Waals surface area contributed by atoms with Crippen LogP contribution < -0.4 is 0 Å². The number of halogens is 3. The zero-order valence-corrected chi connectivity index (χ0v) is 15.5. The number of aromatic amines is 1. The van der Waals surface area contributed by atoms with Crippen LogP contribution in [0.3, 0.4) is 0 Å². The molecule has 0 spiro atoms. The Hall–Kier alpha value is -2.12. The van der Waals surface area contributed by atoms with Crippen LogP contribution in [0.4, 0.5) is 8.78 Å². The molecular weight excluding hydrogens is 372 g/mol.